The van der Waals surface area contributed by atoms with Gasteiger partial charge in [-0.1, -0.05) is 129 Å². The van der Waals surface area contributed by atoms with Gasteiger partial charge in [-0.05, 0) is 0 Å². The molecule has 0 aliphatic carbocycles. The van der Waals surface area contributed by atoms with Crippen molar-refractivity contribution in [2.45, 2.75) is 142 Å². The van der Waals surface area contributed by atoms with Crippen molar-refractivity contribution >= 4 is 26.0 Å². The average Bonchev–Trinajstić information content (AvgIpc) is 3.66. The molecule has 0 fully saturated rings. The van der Waals surface area contributed by atoms with Gasteiger partial charge in [-0.25, -0.2) is 0 Å². The first-order valence-corrected chi connectivity index (χ1v) is 21.5. The maximum atomic E-state index is 5.98. The standard InChI is InChI=1S/C46H60N2O2Se/c1-3-5-7-9-11-13-15-17-19-21-37-49-43-33-25-39(26-34-43)23-29-41-31-32-42(46-45(41)47-51-48-46)30-24-40-27-35-44(36-28-40)50-38-22-20-18-16-14-12-10-8-6-4-2/h25-28,31-36H,3-22,37-38H2,1-2H3. The molecular formula is C46H60N2O2Se. The van der Waals surface area contributed by atoms with Crippen molar-refractivity contribution in [2.75, 3.05) is 13.2 Å². The number of fused-ring (bicyclic) bond motifs is 1. The molecule has 4 rings (SSSR count). The number of unbranched alkanes of at least 4 members (excludes halogenated alkanes) is 18. The minimum absolute atomic E-state index is 0.170. The van der Waals surface area contributed by atoms with Crippen LogP contribution < -0.4 is 9.47 Å². The first-order chi connectivity index (χ1) is 25.3. The molecule has 0 spiro atoms. The fraction of sp³-hybridized carbons (Fsp3) is 0.522. The van der Waals surface area contributed by atoms with Gasteiger partial charge in [0.2, 0.25) is 0 Å². The number of benzene rings is 3. The number of hydrogen-bond donors (Lipinski definition) is 0. The SMILES string of the molecule is CCCCCCCCCCCCOc1ccc(C#Cc2ccc(C#Cc3ccc(OCCCCCCCCCCCC)cc3)c3n[se]nc23)cc1. The van der Waals surface area contributed by atoms with Gasteiger partial charge in [0.1, 0.15) is 0 Å². The van der Waals surface area contributed by atoms with Crippen molar-refractivity contribution in [3.05, 3.63) is 82.9 Å². The van der Waals surface area contributed by atoms with Crippen LogP contribution in [0.2, 0.25) is 0 Å². The summed E-state index contributed by atoms with van der Waals surface area (Å²) in [4.78, 5) is 0. The molecule has 0 radical (unpaired) electrons. The van der Waals surface area contributed by atoms with Gasteiger partial charge in [-0.3, -0.25) is 0 Å². The van der Waals surface area contributed by atoms with Crippen molar-refractivity contribution < 1.29 is 9.47 Å². The van der Waals surface area contributed by atoms with Crippen LogP contribution in [0.15, 0.2) is 60.7 Å². The Morgan fingerprint density at radius 1 is 0.412 bits per heavy atom. The number of rotatable bonds is 24. The summed E-state index contributed by atoms with van der Waals surface area (Å²) >= 11 is -0.170. The average molecular weight is 752 g/mol. The number of ether oxygens (including phenoxy) is 2. The molecule has 4 nitrogen and oxygen atoms in total. The van der Waals surface area contributed by atoms with Crippen LogP contribution in [0.3, 0.4) is 0 Å². The summed E-state index contributed by atoms with van der Waals surface area (Å²) in [6, 6.07) is 20.2. The van der Waals surface area contributed by atoms with Gasteiger partial charge in [-0.2, -0.15) is 0 Å². The van der Waals surface area contributed by atoms with Gasteiger partial charge in [-0.15, -0.1) is 0 Å². The van der Waals surface area contributed by atoms with Gasteiger partial charge in [0.25, 0.3) is 0 Å². The van der Waals surface area contributed by atoms with E-state index < -0.39 is 0 Å². The van der Waals surface area contributed by atoms with Crippen LogP contribution in [0.1, 0.15) is 165 Å². The third-order valence-corrected chi connectivity index (χ3v) is 10.4. The molecule has 5 heteroatoms. The molecular weight excluding hydrogens is 691 g/mol. The second kappa shape index (κ2) is 25.5. The van der Waals surface area contributed by atoms with E-state index in [0.717, 1.165) is 70.8 Å². The first-order valence-electron chi connectivity index (χ1n) is 20.0. The Labute approximate surface area is 315 Å². The molecule has 0 bridgehead atoms. The fourth-order valence-corrected chi connectivity index (χ4v) is 7.38. The Morgan fingerprint density at radius 2 is 0.745 bits per heavy atom. The first kappa shape index (κ1) is 40.3. The summed E-state index contributed by atoms with van der Waals surface area (Å²) < 4.78 is 21.3. The second-order valence-corrected chi connectivity index (χ2v) is 14.8. The molecule has 0 saturated carbocycles. The third-order valence-electron chi connectivity index (χ3n) is 9.34. The molecule has 272 valence electrons. The Morgan fingerprint density at radius 3 is 1.10 bits per heavy atom. The van der Waals surface area contributed by atoms with Crippen LogP contribution in [0.5, 0.6) is 11.5 Å². The summed E-state index contributed by atoms with van der Waals surface area (Å²) in [5.74, 6) is 15.1. The van der Waals surface area contributed by atoms with E-state index in [1.54, 1.807) is 0 Å². The van der Waals surface area contributed by atoms with Crippen molar-refractivity contribution in [3.63, 3.8) is 0 Å². The van der Waals surface area contributed by atoms with Crippen molar-refractivity contribution in [3.8, 4) is 35.2 Å². The Balaban J connectivity index is 1.16. The van der Waals surface area contributed by atoms with Gasteiger partial charge >= 0.3 is 188 Å². The van der Waals surface area contributed by atoms with Gasteiger partial charge in [0.05, 0.1) is 0 Å². The molecule has 3 aromatic carbocycles. The monoisotopic (exact) mass is 752 g/mol. The Bertz CT molecular complexity index is 1520. The molecule has 4 aromatic rings. The van der Waals surface area contributed by atoms with Crippen molar-refractivity contribution in [1.29, 1.82) is 0 Å². The van der Waals surface area contributed by atoms with Gasteiger partial charge in [0.15, 0.2) is 0 Å². The topological polar surface area (TPSA) is 44.2 Å². The van der Waals surface area contributed by atoms with E-state index in [-0.39, 0.29) is 15.0 Å². The van der Waals surface area contributed by atoms with E-state index in [1.165, 1.54) is 116 Å². The summed E-state index contributed by atoms with van der Waals surface area (Å²) in [6.07, 6.45) is 26.6. The fourth-order valence-electron chi connectivity index (χ4n) is 6.18. The Hall–Kier alpha value is -3.50. The molecule has 0 saturated heterocycles. The van der Waals surface area contributed by atoms with Gasteiger partial charge < -0.3 is 0 Å². The molecule has 0 aliphatic rings. The maximum absolute atomic E-state index is 5.98. The summed E-state index contributed by atoms with van der Waals surface area (Å²) in [5.41, 5.74) is 5.42. The van der Waals surface area contributed by atoms with Crippen LogP contribution in [-0.2, 0) is 0 Å². The van der Waals surface area contributed by atoms with E-state index in [9.17, 15) is 0 Å². The van der Waals surface area contributed by atoms with E-state index in [1.807, 2.05) is 60.7 Å². The quantitative estimate of drug-likeness (QED) is 0.0406. The number of nitrogens with zero attached hydrogens (tertiary/aromatic N) is 2. The van der Waals surface area contributed by atoms with E-state index in [0.29, 0.717) is 0 Å². The van der Waals surface area contributed by atoms with Gasteiger partial charge in [0, 0.05) is 0 Å². The normalized spacial score (nSPS) is 10.8. The van der Waals surface area contributed by atoms with Crippen LogP contribution in [-0.4, -0.2) is 36.1 Å². The zero-order chi connectivity index (χ0) is 35.6. The van der Waals surface area contributed by atoms with E-state index >= 15 is 0 Å². The van der Waals surface area contributed by atoms with E-state index in [2.05, 4.69) is 37.5 Å². The number of aromatic nitrogens is 2. The van der Waals surface area contributed by atoms with Crippen LogP contribution >= 0.6 is 0 Å². The summed E-state index contributed by atoms with van der Waals surface area (Å²) in [6.45, 7) is 6.10. The zero-order valence-electron chi connectivity index (χ0n) is 31.4. The van der Waals surface area contributed by atoms with Crippen molar-refractivity contribution in [1.82, 2.24) is 7.96 Å². The molecule has 51 heavy (non-hydrogen) atoms. The van der Waals surface area contributed by atoms with Crippen LogP contribution in [0, 0.1) is 23.7 Å². The zero-order valence-corrected chi connectivity index (χ0v) is 33.2. The molecule has 0 amide bonds. The number of hydrogen-bond acceptors (Lipinski definition) is 4. The van der Waals surface area contributed by atoms with E-state index in [4.69, 9.17) is 17.4 Å². The molecule has 0 unspecified atom stereocenters. The second-order valence-electron chi connectivity index (χ2n) is 13.7. The third kappa shape index (κ3) is 16.2. The molecule has 0 aliphatic heterocycles. The Kier molecular flexibility index (Phi) is 20.1. The van der Waals surface area contributed by atoms with Crippen LogP contribution in [0.25, 0.3) is 11.0 Å². The van der Waals surface area contributed by atoms with Crippen LogP contribution in [0.4, 0.5) is 0 Å². The molecule has 0 N–H and O–H groups in total. The molecule has 0 atom stereocenters. The molecule has 1 aromatic heterocycles. The van der Waals surface area contributed by atoms with Crippen molar-refractivity contribution in [2.24, 2.45) is 0 Å². The molecule has 1 heterocycles. The summed E-state index contributed by atoms with van der Waals surface area (Å²) in [5, 5.41) is 0. The predicted octanol–water partition coefficient (Wildman–Crippen LogP) is 12.1. The summed E-state index contributed by atoms with van der Waals surface area (Å²) in [7, 11) is 0. The minimum atomic E-state index is -0.170. The predicted molar refractivity (Wildman–Crippen MR) is 216 cm³/mol.